The lowest BCUT2D eigenvalue weighted by Crippen LogP contribution is -2.41. The molecule has 1 aromatic rings. The smallest absolute Gasteiger partial charge is 0.243 e. The molecule has 0 amide bonds. The Labute approximate surface area is 120 Å². The van der Waals surface area contributed by atoms with Crippen molar-refractivity contribution in [2.24, 2.45) is 0 Å². The van der Waals surface area contributed by atoms with E-state index in [2.05, 4.69) is 0 Å². The average molecular weight is 299 g/mol. The number of ether oxygens (including phenoxy) is 1. The van der Waals surface area contributed by atoms with Crippen LogP contribution in [0.25, 0.3) is 0 Å². The van der Waals surface area contributed by atoms with Crippen LogP contribution in [0.3, 0.4) is 0 Å². The van der Waals surface area contributed by atoms with Crippen LogP contribution in [0.15, 0.2) is 29.2 Å². The van der Waals surface area contributed by atoms with Crippen molar-refractivity contribution >= 4 is 10.0 Å². The zero-order valence-electron chi connectivity index (χ0n) is 11.7. The fourth-order valence-electron chi connectivity index (χ4n) is 2.08. The van der Waals surface area contributed by atoms with E-state index in [1.165, 1.54) is 4.31 Å². The predicted molar refractivity (Wildman–Crippen MR) is 76.2 cm³/mol. The van der Waals surface area contributed by atoms with Gasteiger partial charge in [0.25, 0.3) is 0 Å². The molecule has 6 heteroatoms. The van der Waals surface area contributed by atoms with Crippen molar-refractivity contribution in [2.45, 2.75) is 36.6 Å². The van der Waals surface area contributed by atoms with Crippen LogP contribution >= 0.6 is 0 Å². The molecular weight excluding hydrogens is 278 g/mol. The molecule has 0 heterocycles. The Morgan fingerprint density at radius 2 is 1.95 bits per heavy atom. The number of aliphatic hydroxyl groups excluding tert-OH is 1. The molecule has 5 nitrogen and oxygen atoms in total. The van der Waals surface area contributed by atoms with Crippen molar-refractivity contribution in [1.82, 2.24) is 4.31 Å². The maximum Gasteiger partial charge on any atom is 0.243 e. The van der Waals surface area contributed by atoms with Crippen LogP contribution in [-0.4, -0.2) is 44.1 Å². The van der Waals surface area contributed by atoms with Gasteiger partial charge in [-0.1, -0.05) is 6.42 Å². The quantitative estimate of drug-likeness (QED) is 0.777. The van der Waals surface area contributed by atoms with E-state index in [0.717, 1.165) is 19.3 Å². The zero-order valence-corrected chi connectivity index (χ0v) is 12.5. The van der Waals surface area contributed by atoms with Gasteiger partial charge in [-0.2, -0.15) is 4.31 Å². The maximum atomic E-state index is 12.4. The fourth-order valence-corrected chi connectivity index (χ4v) is 3.49. The minimum Gasteiger partial charge on any atom is -0.494 e. The predicted octanol–water partition coefficient (Wildman–Crippen LogP) is 1.62. The first-order chi connectivity index (χ1) is 9.55. The summed E-state index contributed by atoms with van der Waals surface area (Å²) in [5, 5.41) is 8.67. The van der Waals surface area contributed by atoms with Crippen LogP contribution < -0.4 is 4.74 Å². The van der Waals surface area contributed by atoms with Gasteiger partial charge < -0.3 is 9.84 Å². The summed E-state index contributed by atoms with van der Waals surface area (Å²) in [5.41, 5.74) is 0. The van der Waals surface area contributed by atoms with E-state index in [0.29, 0.717) is 23.7 Å². The van der Waals surface area contributed by atoms with Crippen LogP contribution in [0.4, 0.5) is 0 Å². The fraction of sp³-hybridized carbons (Fsp3) is 0.571. The molecule has 0 saturated heterocycles. The van der Waals surface area contributed by atoms with Crippen molar-refractivity contribution in [3.8, 4) is 5.75 Å². The van der Waals surface area contributed by atoms with Gasteiger partial charge in [0.1, 0.15) is 5.75 Å². The van der Waals surface area contributed by atoms with Crippen molar-refractivity contribution in [3.05, 3.63) is 24.3 Å². The van der Waals surface area contributed by atoms with Gasteiger partial charge >= 0.3 is 0 Å². The highest BCUT2D eigenvalue weighted by molar-refractivity contribution is 7.89. The average Bonchev–Trinajstić information content (AvgIpc) is 2.37. The third-order valence-corrected chi connectivity index (χ3v) is 5.59. The number of hydrogen-bond donors (Lipinski definition) is 1. The highest BCUT2D eigenvalue weighted by atomic mass is 32.2. The molecule has 1 aliphatic rings. The molecule has 0 spiro atoms. The summed E-state index contributed by atoms with van der Waals surface area (Å²) in [6.45, 7) is 0.503. The molecule has 0 aromatic heterocycles. The summed E-state index contributed by atoms with van der Waals surface area (Å²) >= 11 is 0. The van der Waals surface area contributed by atoms with Crippen molar-refractivity contribution in [1.29, 1.82) is 0 Å². The summed E-state index contributed by atoms with van der Waals surface area (Å²) in [5.74, 6) is 0.615. The Morgan fingerprint density at radius 3 is 2.45 bits per heavy atom. The highest BCUT2D eigenvalue weighted by Crippen LogP contribution is 2.29. The van der Waals surface area contributed by atoms with Gasteiger partial charge in [-0.15, -0.1) is 0 Å². The molecule has 0 unspecified atom stereocenters. The number of benzene rings is 1. The molecule has 1 fully saturated rings. The zero-order chi connectivity index (χ0) is 14.6. The van der Waals surface area contributed by atoms with Gasteiger partial charge in [0, 0.05) is 26.1 Å². The lowest BCUT2D eigenvalue weighted by atomic mass is 9.94. The largest absolute Gasteiger partial charge is 0.494 e. The molecule has 112 valence electrons. The Kier molecular flexibility index (Phi) is 5.01. The maximum absolute atomic E-state index is 12.4. The van der Waals surface area contributed by atoms with Gasteiger partial charge in [-0.25, -0.2) is 8.42 Å². The van der Waals surface area contributed by atoms with Crippen LogP contribution in [-0.2, 0) is 10.0 Å². The third kappa shape index (κ3) is 3.31. The molecule has 1 N–H and O–H groups in total. The molecular formula is C14H21NO4S. The monoisotopic (exact) mass is 299 g/mol. The number of rotatable bonds is 7. The molecule has 0 atom stereocenters. The minimum atomic E-state index is -3.40. The lowest BCUT2D eigenvalue weighted by Gasteiger charge is -2.33. The molecule has 2 rings (SSSR count). The second kappa shape index (κ2) is 6.56. The SMILES string of the molecule is CN(C1CCC1)S(=O)(=O)c1ccc(OCCCO)cc1. The van der Waals surface area contributed by atoms with Gasteiger partial charge in [-0.05, 0) is 37.1 Å². The second-order valence-electron chi connectivity index (χ2n) is 5.00. The molecule has 0 radical (unpaired) electrons. The molecule has 0 bridgehead atoms. The van der Waals surface area contributed by atoms with E-state index >= 15 is 0 Å². The summed E-state index contributed by atoms with van der Waals surface area (Å²) in [6, 6.07) is 6.58. The Balaban J connectivity index is 2.04. The summed E-state index contributed by atoms with van der Waals surface area (Å²) in [7, 11) is -1.76. The first-order valence-electron chi connectivity index (χ1n) is 6.87. The number of hydrogen-bond acceptors (Lipinski definition) is 4. The van der Waals surface area contributed by atoms with E-state index in [1.807, 2.05) is 0 Å². The molecule has 1 aromatic carbocycles. The van der Waals surface area contributed by atoms with Crippen LogP contribution in [0.2, 0.25) is 0 Å². The number of nitrogens with zero attached hydrogens (tertiary/aromatic N) is 1. The molecule has 1 aliphatic carbocycles. The van der Waals surface area contributed by atoms with Crippen molar-refractivity contribution in [2.75, 3.05) is 20.3 Å². The molecule has 20 heavy (non-hydrogen) atoms. The van der Waals surface area contributed by atoms with E-state index in [9.17, 15) is 8.42 Å². The topological polar surface area (TPSA) is 66.8 Å². The normalized spacial score (nSPS) is 16.1. The second-order valence-corrected chi connectivity index (χ2v) is 7.00. The summed E-state index contributed by atoms with van der Waals surface area (Å²) in [6.07, 6.45) is 3.54. The van der Waals surface area contributed by atoms with Crippen LogP contribution in [0.1, 0.15) is 25.7 Å². The van der Waals surface area contributed by atoms with Gasteiger partial charge in [0.15, 0.2) is 0 Å². The number of aliphatic hydroxyl groups is 1. The minimum absolute atomic E-state index is 0.0820. The van der Waals surface area contributed by atoms with Gasteiger partial charge in [0.2, 0.25) is 10.0 Å². The highest BCUT2D eigenvalue weighted by Gasteiger charge is 2.31. The summed E-state index contributed by atoms with van der Waals surface area (Å²) in [4.78, 5) is 0.293. The first kappa shape index (κ1) is 15.3. The summed E-state index contributed by atoms with van der Waals surface area (Å²) < 4.78 is 31.6. The van der Waals surface area contributed by atoms with Gasteiger partial charge in [-0.3, -0.25) is 0 Å². The van der Waals surface area contributed by atoms with Crippen molar-refractivity contribution < 1.29 is 18.3 Å². The number of sulfonamides is 1. The van der Waals surface area contributed by atoms with E-state index in [4.69, 9.17) is 9.84 Å². The Bertz CT molecular complexity index is 523. The molecule has 0 aliphatic heterocycles. The van der Waals surface area contributed by atoms with E-state index in [-0.39, 0.29) is 12.6 Å². The standard InChI is InChI=1S/C14H21NO4S/c1-15(12-4-2-5-12)20(17,18)14-8-6-13(7-9-14)19-11-3-10-16/h6-9,12,16H,2-5,10-11H2,1H3. The van der Waals surface area contributed by atoms with Crippen LogP contribution in [0.5, 0.6) is 5.75 Å². The third-order valence-electron chi connectivity index (χ3n) is 3.66. The Hall–Kier alpha value is -1.11. The molecule has 1 saturated carbocycles. The van der Waals surface area contributed by atoms with Gasteiger partial charge in [0.05, 0.1) is 11.5 Å². The van der Waals surface area contributed by atoms with Crippen LogP contribution in [0, 0.1) is 0 Å². The van der Waals surface area contributed by atoms with E-state index < -0.39 is 10.0 Å². The first-order valence-corrected chi connectivity index (χ1v) is 8.31. The van der Waals surface area contributed by atoms with Crippen molar-refractivity contribution in [3.63, 3.8) is 0 Å². The lowest BCUT2D eigenvalue weighted by molar-refractivity contribution is 0.233. The van der Waals surface area contributed by atoms with E-state index in [1.54, 1.807) is 31.3 Å². The Morgan fingerprint density at radius 1 is 1.30 bits per heavy atom.